The maximum atomic E-state index is 15.5. The third-order valence-electron chi connectivity index (χ3n) is 11.4. The molecule has 3 atom stereocenters. The fraction of sp³-hybridized carbons (Fsp3) is 0.429. The van der Waals surface area contributed by atoms with Gasteiger partial charge in [-0.25, -0.2) is 30.6 Å². The summed E-state index contributed by atoms with van der Waals surface area (Å²) in [6.07, 6.45) is -9.17. The van der Waals surface area contributed by atoms with Crippen molar-refractivity contribution in [2.75, 3.05) is 23.4 Å². The lowest BCUT2D eigenvalue weighted by Crippen LogP contribution is -2.35. The highest BCUT2D eigenvalue weighted by Gasteiger charge is 2.68. The van der Waals surface area contributed by atoms with Crippen LogP contribution in [-0.2, 0) is 56.3 Å². The molecule has 1 amide bonds. The Morgan fingerprint density at radius 1 is 0.970 bits per heavy atom. The summed E-state index contributed by atoms with van der Waals surface area (Å²) in [6, 6.07) is 5.39. The first-order chi connectivity index (χ1) is 30.8. The van der Waals surface area contributed by atoms with Crippen molar-refractivity contribution in [3.63, 3.8) is 0 Å². The molecule has 2 aromatic carbocycles. The lowest BCUT2D eigenvalue weighted by atomic mass is 9.93. The Morgan fingerprint density at radius 2 is 1.61 bits per heavy atom. The van der Waals surface area contributed by atoms with Crippen LogP contribution in [0.5, 0.6) is 0 Å². The van der Waals surface area contributed by atoms with Crippen molar-refractivity contribution in [1.29, 1.82) is 0 Å². The van der Waals surface area contributed by atoms with E-state index >= 15 is 8.78 Å². The minimum atomic E-state index is -5.19. The summed E-state index contributed by atoms with van der Waals surface area (Å²) in [4.78, 5) is 18.7. The average molecular weight is 1010 g/mol. The Kier molecular flexibility index (Phi) is 12.5. The van der Waals surface area contributed by atoms with Crippen LogP contribution in [-0.4, -0.2) is 77.3 Å². The van der Waals surface area contributed by atoms with Gasteiger partial charge in [0.25, 0.3) is 5.92 Å². The molecule has 360 valence electrons. The third-order valence-corrected chi connectivity index (χ3v) is 14.8. The Hall–Kier alpha value is -5.41. The fourth-order valence-corrected chi connectivity index (χ4v) is 9.49. The van der Waals surface area contributed by atoms with E-state index < -0.39 is 126 Å². The summed E-state index contributed by atoms with van der Waals surface area (Å²) in [5, 5.41) is 9.40. The number of carbonyl (C=O) groups is 1. The van der Waals surface area contributed by atoms with Gasteiger partial charge in [-0.3, -0.25) is 18.5 Å². The second-order valence-corrected chi connectivity index (χ2v) is 21.7. The van der Waals surface area contributed by atoms with Crippen LogP contribution in [0.1, 0.15) is 79.5 Å². The van der Waals surface area contributed by atoms with Crippen LogP contribution < -0.4 is 9.62 Å². The van der Waals surface area contributed by atoms with Gasteiger partial charge in [-0.05, 0) is 80.8 Å². The number of fused-ring (bicyclic) bond motifs is 4. The number of sulfonamides is 1. The van der Waals surface area contributed by atoms with E-state index in [1.807, 2.05) is 0 Å². The second kappa shape index (κ2) is 17.0. The van der Waals surface area contributed by atoms with Crippen molar-refractivity contribution in [2.24, 2.45) is 5.92 Å². The number of sulfone groups is 1. The van der Waals surface area contributed by atoms with Crippen LogP contribution in [0, 0.1) is 29.4 Å². The van der Waals surface area contributed by atoms with E-state index in [1.54, 1.807) is 6.92 Å². The number of rotatable bonds is 13. The number of nitrogens with one attached hydrogen (secondary N) is 1. The van der Waals surface area contributed by atoms with E-state index in [1.165, 1.54) is 38.1 Å². The molecule has 3 heterocycles. The molecule has 0 spiro atoms. The SMILES string of the molecule is CCCN(c1nn(CC(F)(F)F)c2c(-c3ccc(C#CC(C)(C)S(C)(=O)=O)nc3[C@H](Cc3cc(F)cc(F)c3)NC(=O)Cn3nc(C(F)(F)F)c4c3C(F)(F)[C@@H]3CC43)ccc(Cl)c12)S(C)(=O)=O. The highest BCUT2D eigenvalue weighted by atomic mass is 35.5. The highest BCUT2D eigenvalue weighted by Crippen LogP contribution is 2.68. The van der Waals surface area contributed by atoms with Crippen LogP contribution in [0.2, 0.25) is 5.02 Å². The van der Waals surface area contributed by atoms with Crippen LogP contribution in [0.25, 0.3) is 22.0 Å². The summed E-state index contributed by atoms with van der Waals surface area (Å²) in [5.41, 5.74) is -5.06. The Balaban J connectivity index is 1.48. The lowest BCUT2D eigenvalue weighted by molar-refractivity contribution is -0.143. The maximum Gasteiger partial charge on any atom is 0.435 e. The lowest BCUT2D eigenvalue weighted by Gasteiger charge is -2.23. The van der Waals surface area contributed by atoms with Gasteiger partial charge in [0.2, 0.25) is 15.9 Å². The molecule has 1 saturated carbocycles. The standard InChI is InChI=1S/C42H38ClF10N7O5S2/c1-6-13-60(67(5,64)65)38-33-29(43)10-9-26(35(33)59(57-38)20-40(46,47)48)25-8-7-24(11-12-39(2,3)66(4,62)63)54-34(25)30(16-21-14-22(44)17-23(45)15-21)55-31(61)19-58-37-32(36(56-58)42(51,52)53)27-18-28(27)41(37,49)50/h7-10,14-15,17,27-28,30H,6,13,16,18-20H2,1-5H3,(H,55,61)/t27?,28-,30+/m1/s1. The van der Waals surface area contributed by atoms with Gasteiger partial charge in [0.15, 0.2) is 21.3 Å². The molecule has 1 fully saturated rings. The van der Waals surface area contributed by atoms with Crippen molar-refractivity contribution in [3.8, 4) is 23.0 Å². The van der Waals surface area contributed by atoms with Crippen LogP contribution in [0.4, 0.5) is 49.7 Å². The minimum Gasteiger partial charge on any atom is -0.346 e. The van der Waals surface area contributed by atoms with E-state index in [0.29, 0.717) is 10.7 Å². The van der Waals surface area contributed by atoms with Gasteiger partial charge in [0.1, 0.15) is 40.9 Å². The van der Waals surface area contributed by atoms with Gasteiger partial charge >= 0.3 is 12.4 Å². The topological polar surface area (TPSA) is 149 Å². The van der Waals surface area contributed by atoms with Crippen LogP contribution in [0.15, 0.2) is 42.5 Å². The van der Waals surface area contributed by atoms with Crippen molar-refractivity contribution >= 4 is 54.1 Å². The van der Waals surface area contributed by atoms with Gasteiger partial charge in [-0.1, -0.05) is 30.5 Å². The first kappa shape index (κ1) is 49.5. The molecule has 1 N–H and O–H groups in total. The number of benzene rings is 2. The molecule has 12 nitrogen and oxygen atoms in total. The zero-order chi connectivity index (χ0) is 49.6. The number of amides is 1. The van der Waals surface area contributed by atoms with Gasteiger partial charge in [0, 0.05) is 41.5 Å². The van der Waals surface area contributed by atoms with Crippen LogP contribution >= 0.6 is 11.6 Å². The summed E-state index contributed by atoms with van der Waals surface area (Å²) < 4.78 is 197. The molecular weight excluding hydrogens is 972 g/mol. The summed E-state index contributed by atoms with van der Waals surface area (Å²) in [7, 11) is -8.09. The zero-order valence-corrected chi connectivity index (χ0v) is 38.1. The summed E-state index contributed by atoms with van der Waals surface area (Å²) in [5.74, 6) is -5.23. The molecule has 0 saturated heterocycles. The molecule has 1 unspecified atom stereocenters. The molecule has 2 aliphatic rings. The van der Waals surface area contributed by atoms with Crippen molar-refractivity contribution < 1.29 is 65.5 Å². The first-order valence-electron chi connectivity index (χ1n) is 20.1. The summed E-state index contributed by atoms with van der Waals surface area (Å²) >= 11 is 6.63. The smallest absolute Gasteiger partial charge is 0.346 e. The minimum absolute atomic E-state index is 0.171. The average Bonchev–Trinajstić information content (AvgIpc) is 3.69. The molecule has 0 aliphatic heterocycles. The van der Waals surface area contributed by atoms with E-state index in [4.69, 9.17) is 11.6 Å². The quantitative estimate of drug-likeness (QED) is 0.0913. The maximum absolute atomic E-state index is 15.5. The first-order valence-corrected chi connectivity index (χ1v) is 24.2. The molecule has 3 aromatic heterocycles. The number of pyridine rings is 1. The number of halogens is 11. The van der Waals surface area contributed by atoms with Crippen LogP contribution in [0.3, 0.4) is 0 Å². The zero-order valence-electron chi connectivity index (χ0n) is 35.7. The van der Waals surface area contributed by atoms with Gasteiger partial charge in [-0.15, -0.1) is 0 Å². The van der Waals surface area contributed by atoms with E-state index in [2.05, 4.69) is 32.3 Å². The largest absolute Gasteiger partial charge is 0.435 e. The number of carbonyl (C=O) groups excluding carboxylic acids is 1. The van der Waals surface area contributed by atoms with Gasteiger partial charge in [0.05, 0.1) is 33.9 Å². The Bertz CT molecular complexity index is 3100. The van der Waals surface area contributed by atoms with Crippen molar-refractivity contribution in [1.82, 2.24) is 29.9 Å². The number of nitrogens with zero attached hydrogens (tertiary/aromatic N) is 6. The molecule has 67 heavy (non-hydrogen) atoms. The third kappa shape index (κ3) is 9.81. The van der Waals surface area contributed by atoms with Gasteiger partial charge < -0.3 is 5.32 Å². The fourth-order valence-electron chi connectivity index (χ4n) is 8.06. The molecule has 2 aliphatic carbocycles. The van der Waals surface area contributed by atoms with E-state index in [-0.39, 0.29) is 62.6 Å². The summed E-state index contributed by atoms with van der Waals surface area (Å²) in [6.45, 7) is 0.828. The number of hydrogen-bond acceptors (Lipinski definition) is 8. The van der Waals surface area contributed by atoms with E-state index in [9.17, 15) is 56.8 Å². The molecular formula is C42H38ClF10N7O5S2. The predicted octanol–water partition coefficient (Wildman–Crippen LogP) is 8.47. The van der Waals surface area contributed by atoms with Crippen molar-refractivity contribution in [2.45, 2.75) is 88.1 Å². The number of aromatic nitrogens is 5. The molecule has 25 heteroatoms. The number of hydrogen-bond donors (Lipinski definition) is 1. The normalized spacial score (nSPS) is 17.4. The monoisotopic (exact) mass is 1010 g/mol. The second-order valence-electron chi connectivity index (χ2n) is 16.9. The number of anilines is 1. The molecule has 0 radical (unpaired) electrons. The van der Waals surface area contributed by atoms with Gasteiger partial charge in [-0.2, -0.15) is 45.3 Å². The van der Waals surface area contributed by atoms with Crippen molar-refractivity contribution in [3.05, 3.63) is 93.0 Å². The molecule has 5 aromatic rings. The highest BCUT2D eigenvalue weighted by molar-refractivity contribution is 7.92. The van der Waals surface area contributed by atoms with E-state index in [0.717, 1.165) is 28.9 Å². The Labute approximate surface area is 381 Å². The number of alkyl halides is 8. The predicted molar refractivity (Wildman–Crippen MR) is 225 cm³/mol. The molecule has 0 bridgehead atoms. The molecule has 7 rings (SSSR count). The Morgan fingerprint density at radius 3 is 2.19 bits per heavy atom.